The summed E-state index contributed by atoms with van der Waals surface area (Å²) in [4.78, 5) is 18.5. The first-order valence-corrected chi connectivity index (χ1v) is 11.2. The second-order valence-corrected chi connectivity index (χ2v) is 8.30. The van der Waals surface area contributed by atoms with E-state index in [-0.39, 0.29) is 18.3 Å². The summed E-state index contributed by atoms with van der Waals surface area (Å²) in [6.07, 6.45) is 3.15. The molecule has 9 heteroatoms. The number of carbonyl (C=O) groups excluding carboxylic acids is 1. The average molecular weight is 475 g/mol. The lowest BCUT2D eigenvalue weighted by Gasteiger charge is -2.05. The molecule has 3 heterocycles. The topological polar surface area (TPSA) is 82.2 Å². The Balaban J connectivity index is 1.43. The number of halogens is 1. The number of methoxy groups -OCH3 is 1. The summed E-state index contributed by atoms with van der Waals surface area (Å²) in [6.45, 7) is 0.187. The minimum atomic E-state index is -0.351. The highest BCUT2D eigenvalue weighted by Gasteiger charge is 2.20. The van der Waals surface area contributed by atoms with Crippen molar-refractivity contribution in [3.05, 3.63) is 95.6 Å². The Morgan fingerprint density at radius 2 is 2.03 bits per heavy atom. The van der Waals surface area contributed by atoms with E-state index in [4.69, 9.17) is 9.15 Å². The monoisotopic (exact) mass is 474 g/mol. The normalized spacial score (nSPS) is 10.9. The Morgan fingerprint density at radius 1 is 1.18 bits per heavy atom. The van der Waals surface area contributed by atoms with E-state index in [2.05, 4.69) is 15.4 Å². The summed E-state index contributed by atoms with van der Waals surface area (Å²) < 4.78 is 25.8. The molecule has 7 nitrogen and oxygen atoms in total. The minimum absolute atomic E-state index is 0.187. The standard InChI is InChI=1S/C25H19FN4O3S/c1-32-20-5-2-4-16(12-20)23-21(14-30(29-23)19-9-7-17(26)8-10-19)24(31)27-13-18-15-33-25(28-18)22-6-3-11-34-22/h2-12,14-15H,13H2,1H3,(H,27,31). The van der Waals surface area contributed by atoms with Crippen molar-refractivity contribution in [3.8, 4) is 33.5 Å². The Bertz CT molecular complexity index is 1420. The molecule has 0 saturated carbocycles. The van der Waals surface area contributed by atoms with Gasteiger partial charge in [0.05, 0.1) is 35.5 Å². The van der Waals surface area contributed by atoms with Gasteiger partial charge in [0.15, 0.2) is 0 Å². The Kier molecular flexibility index (Phi) is 5.92. The largest absolute Gasteiger partial charge is 0.497 e. The van der Waals surface area contributed by atoms with E-state index in [0.29, 0.717) is 39.8 Å². The third kappa shape index (κ3) is 4.46. The number of carbonyl (C=O) groups is 1. The molecule has 0 bridgehead atoms. The lowest BCUT2D eigenvalue weighted by Crippen LogP contribution is -2.23. The predicted octanol–water partition coefficient (Wildman–Crippen LogP) is 5.33. The number of thiophene rings is 1. The number of nitrogens with one attached hydrogen (secondary N) is 1. The van der Waals surface area contributed by atoms with Crippen molar-refractivity contribution >= 4 is 17.2 Å². The van der Waals surface area contributed by atoms with E-state index < -0.39 is 0 Å². The smallest absolute Gasteiger partial charge is 0.255 e. The lowest BCUT2D eigenvalue weighted by molar-refractivity contribution is 0.0951. The molecule has 0 aliphatic carbocycles. The van der Waals surface area contributed by atoms with E-state index in [9.17, 15) is 9.18 Å². The van der Waals surface area contributed by atoms with Gasteiger partial charge in [-0.2, -0.15) is 5.10 Å². The molecule has 170 valence electrons. The number of amides is 1. The molecule has 0 saturated heterocycles. The van der Waals surface area contributed by atoms with Crippen LogP contribution >= 0.6 is 11.3 Å². The molecule has 5 rings (SSSR count). The third-order valence-electron chi connectivity index (χ3n) is 5.11. The van der Waals surface area contributed by atoms with Crippen LogP contribution in [-0.4, -0.2) is 27.8 Å². The van der Waals surface area contributed by atoms with Crippen molar-refractivity contribution in [1.82, 2.24) is 20.1 Å². The molecule has 3 aromatic heterocycles. The van der Waals surface area contributed by atoms with Gasteiger partial charge >= 0.3 is 0 Å². The average Bonchev–Trinajstić information content (AvgIpc) is 3.63. The van der Waals surface area contributed by atoms with Gasteiger partial charge in [-0.15, -0.1) is 11.3 Å². The molecule has 1 N–H and O–H groups in total. The molecular weight excluding hydrogens is 455 g/mol. The number of benzene rings is 2. The second-order valence-electron chi connectivity index (χ2n) is 7.35. The first-order valence-electron chi connectivity index (χ1n) is 10.4. The minimum Gasteiger partial charge on any atom is -0.497 e. The number of ether oxygens (including phenoxy) is 1. The number of oxazole rings is 1. The van der Waals surface area contributed by atoms with E-state index in [1.807, 2.05) is 35.7 Å². The molecule has 0 aliphatic rings. The highest BCUT2D eigenvalue weighted by Crippen LogP contribution is 2.27. The van der Waals surface area contributed by atoms with Crippen molar-refractivity contribution in [2.75, 3.05) is 7.11 Å². The molecule has 0 spiro atoms. The maximum Gasteiger partial charge on any atom is 0.255 e. The number of rotatable bonds is 7. The zero-order valence-corrected chi connectivity index (χ0v) is 18.9. The van der Waals surface area contributed by atoms with Crippen LogP contribution in [0.2, 0.25) is 0 Å². The van der Waals surface area contributed by atoms with E-state index >= 15 is 0 Å². The molecular formula is C25H19FN4O3S. The van der Waals surface area contributed by atoms with E-state index in [1.165, 1.54) is 29.7 Å². The van der Waals surface area contributed by atoms with Crippen LogP contribution in [0.4, 0.5) is 4.39 Å². The number of aromatic nitrogens is 3. The van der Waals surface area contributed by atoms with E-state index in [1.54, 1.807) is 36.2 Å². The molecule has 0 atom stereocenters. The summed E-state index contributed by atoms with van der Waals surface area (Å²) in [7, 11) is 1.58. The summed E-state index contributed by atoms with van der Waals surface area (Å²) in [5, 5.41) is 9.44. The van der Waals surface area contributed by atoms with Crippen LogP contribution in [-0.2, 0) is 6.54 Å². The van der Waals surface area contributed by atoms with Gasteiger partial charge < -0.3 is 14.5 Å². The fourth-order valence-corrected chi connectivity index (χ4v) is 4.07. The van der Waals surface area contributed by atoms with Crippen LogP contribution in [0.25, 0.3) is 27.7 Å². The zero-order valence-electron chi connectivity index (χ0n) is 18.1. The molecule has 0 radical (unpaired) electrons. The van der Waals surface area contributed by atoms with Gasteiger partial charge in [0, 0.05) is 11.8 Å². The van der Waals surface area contributed by atoms with Crippen molar-refractivity contribution in [3.63, 3.8) is 0 Å². The van der Waals surface area contributed by atoms with Crippen LogP contribution in [0.1, 0.15) is 16.1 Å². The first kappa shape index (κ1) is 21.6. The fraction of sp³-hybridized carbons (Fsp3) is 0.0800. The van der Waals surface area contributed by atoms with Crippen LogP contribution in [0, 0.1) is 5.82 Å². The fourth-order valence-electron chi connectivity index (χ4n) is 3.42. The van der Waals surface area contributed by atoms with Gasteiger partial charge in [-0.1, -0.05) is 18.2 Å². The second kappa shape index (κ2) is 9.32. The van der Waals surface area contributed by atoms with Gasteiger partial charge in [-0.05, 0) is 47.8 Å². The summed E-state index contributed by atoms with van der Waals surface area (Å²) >= 11 is 1.53. The SMILES string of the molecule is COc1cccc(-c2nn(-c3ccc(F)cc3)cc2C(=O)NCc2coc(-c3cccs3)n2)c1. The highest BCUT2D eigenvalue weighted by atomic mass is 32.1. The zero-order chi connectivity index (χ0) is 23.5. The van der Waals surface area contributed by atoms with Crippen molar-refractivity contribution in [2.45, 2.75) is 6.54 Å². The van der Waals surface area contributed by atoms with Gasteiger partial charge in [0.2, 0.25) is 5.89 Å². The quantitative estimate of drug-likeness (QED) is 0.345. The van der Waals surface area contributed by atoms with Gasteiger partial charge in [-0.25, -0.2) is 14.1 Å². The number of nitrogens with zero attached hydrogens (tertiary/aromatic N) is 3. The number of hydrogen-bond donors (Lipinski definition) is 1. The van der Waals surface area contributed by atoms with Gasteiger partial charge in [0.1, 0.15) is 23.5 Å². The first-order chi connectivity index (χ1) is 16.6. The highest BCUT2D eigenvalue weighted by molar-refractivity contribution is 7.13. The maximum absolute atomic E-state index is 13.4. The molecule has 0 fully saturated rings. The Hall–Kier alpha value is -4.24. The van der Waals surface area contributed by atoms with Crippen LogP contribution in [0.15, 0.2) is 82.9 Å². The lowest BCUT2D eigenvalue weighted by atomic mass is 10.1. The molecule has 34 heavy (non-hydrogen) atoms. The predicted molar refractivity (Wildman–Crippen MR) is 126 cm³/mol. The van der Waals surface area contributed by atoms with Crippen molar-refractivity contribution < 1.29 is 18.3 Å². The molecule has 1 amide bonds. The Morgan fingerprint density at radius 3 is 2.79 bits per heavy atom. The van der Waals surface area contributed by atoms with Crippen LogP contribution < -0.4 is 10.1 Å². The molecule has 5 aromatic rings. The van der Waals surface area contributed by atoms with Gasteiger partial charge in [0.25, 0.3) is 5.91 Å². The summed E-state index contributed by atoms with van der Waals surface area (Å²) in [6, 6.07) is 17.0. The third-order valence-corrected chi connectivity index (χ3v) is 5.96. The Labute approximate surface area is 198 Å². The van der Waals surface area contributed by atoms with Crippen molar-refractivity contribution in [2.24, 2.45) is 0 Å². The molecule has 0 unspecified atom stereocenters. The van der Waals surface area contributed by atoms with Crippen LogP contribution in [0.5, 0.6) is 5.75 Å². The van der Waals surface area contributed by atoms with Crippen LogP contribution in [0.3, 0.4) is 0 Å². The molecule has 0 aliphatic heterocycles. The van der Waals surface area contributed by atoms with E-state index in [0.717, 1.165) is 4.88 Å². The molecule has 2 aromatic carbocycles. The van der Waals surface area contributed by atoms with Gasteiger partial charge in [-0.3, -0.25) is 4.79 Å². The maximum atomic E-state index is 13.4. The summed E-state index contributed by atoms with van der Waals surface area (Å²) in [5.41, 5.74) is 2.78. The van der Waals surface area contributed by atoms with Crippen molar-refractivity contribution in [1.29, 1.82) is 0 Å². The summed E-state index contributed by atoms with van der Waals surface area (Å²) in [5.74, 6) is 0.479. The number of hydrogen-bond acceptors (Lipinski definition) is 6.